The lowest BCUT2D eigenvalue weighted by Gasteiger charge is -2.35. The van der Waals surface area contributed by atoms with E-state index in [4.69, 9.17) is 0 Å². The first-order chi connectivity index (χ1) is 8.89. The molecule has 2 rings (SSSR count). The van der Waals surface area contributed by atoms with Crippen LogP contribution < -0.4 is 4.90 Å². The zero-order chi connectivity index (χ0) is 14.2. The predicted octanol–water partition coefficient (Wildman–Crippen LogP) is 2.69. The molecular formula is C13H17N3O2S. The van der Waals surface area contributed by atoms with E-state index in [1.165, 1.54) is 6.33 Å². The minimum Gasteiger partial charge on any atom is -0.480 e. The number of likely N-dealkylation sites (N-methyl/N-ethyl adjacent to an activating group) is 1. The number of rotatable bonds is 4. The molecule has 0 aliphatic heterocycles. The van der Waals surface area contributed by atoms with E-state index in [2.05, 4.69) is 9.97 Å². The minimum atomic E-state index is -1.01. The maximum atomic E-state index is 11.5. The number of aliphatic carboxylic acids is 1. The third-order valence-electron chi connectivity index (χ3n) is 3.28. The van der Waals surface area contributed by atoms with Crippen LogP contribution in [-0.2, 0) is 4.79 Å². The summed E-state index contributed by atoms with van der Waals surface area (Å²) in [6.07, 6.45) is 1.50. The quantitative estimate of drug-likeness (QED) is 0.932. The molecule has 0 unspecified atom stereocenters. The van der Waals surface area contributed by atoms with E-state index in [1.807, 2.05) is 19.2 Å². The molecule has 0 amide bonds. The lowest BCUT2D eigenvalue weighted by molar-refractivity contribution is -0.142. The summed E-state index contributed by atoms with van der Waals surface area (Å²) in [4.78, 5) is 21.8. The molecule has 0 bridgehead atoms. The van der Waals surface area contributed by atoms with E-state index >= 15 is 0 Å². The highest BCUT2D eigenvalue weighted by Gasteiger charge is 2.35. The highest BCUT2D eigenvalue weighted by Crippen LogP contribution is 2.33. The Bertz CT molecular complexity index is 621. The number of hydrogen-bond donors (Lipinski definition) is 1. The van der Waals surface area contributed by atoms with Crippen LogP contribution in [0.4, 0.5) is 5.82 Å². The van der Waals surface area contributed by atoms with Crippen molar-refractivity contribution < 1.29 is 9.90 Å². The van der Waals surface area contributed by atoms with Crippen LogP contribution in [0.15, 0.2) is 11.7 Å². The molecule has 2 heterocycles. The molecule has 5 nitrogen and oxygen atoms in total. The van der Waals surface area contributed by atoms with Gasteiger partial charge in [0, 0.05) is 6.54 Å². The van der Waals surface area contributed by atoms with Crippen molar-refractivity contribution >= 4 is 33.3 Å². The number of nitrogens with zero attached hydrogens (tertiary/aromatic N) is 3. The van der Waals surface area contributed by atoms with E-state index in [0.717, 1.165) is 15.8 Å². The number of carbonyl (C=O) groups is 1. The van der Waals surface area contributed by atoms with Crippen molar-refractivity contribution in [3.8, 4) is 0 Å². The van der Waals surface area contributed by atoms with Crippen LogP contribution in [0.2, 0.25) is 0 Å². The van der Waals surface area contributed by atoms with E-state index in [1.54, 1.807) is 30.1 Å². The Morgan fingerprint density at radius 1 is 1.47 bits per heavy atom. The SMILES string of the molecule is CCN(c1ncnc2c(C)csc12)C(C)(C)C(=O)O. The molecule has 0 spiro atoms. The summed E-state index contributed by atoms with van der Waals surface area (Å²) >= 11 is 1.55. The molecule has 0 saturated heterocycles. The van der Waals surface area contributed by atoms with Crippen molar-refractivity contribution in [1.29, 1.82) is 0 Å². The molecule has 6 heteroatoms. The Kier molecular flexibility index (Phi) is 3.45. The molecule has 0 aliphatic carbocycles. The van der Waals surface area contributed by atoms with Crippen LogP contribution >= 0.6 is 11.3 Å². The second-order valence-corrected chi connectivity index (χ2v) is 5.78. The summed E-state index contributed by atoms with van der Waals surface area (Å²) < 4.78 is 0.941. The van der Waals surface area contributed by atoms with Gasteiger partial charge in [-0.2, -0.15) is 0 Å². The van der Waals surface area contributed by atoms with Gasteiger partial charge in [0.15, 0.2) is 5.82 Å². The minimum absolute atomic E-state index is 0.572. The van der Waals surface area contributed by atoms with Gasteiger partial charge in [-0.15, -0.1) is 11.3 Å². The van der Waals surface area contributed by atoms with Gasteiger partial charge in [-0.1, -0.05) is 0 Å². The molecule has 0 atom stereocenters. The van der Waals surface area contributed by atoms with Crippen LogP contribution in [0.1, 0.15) is 26.3 Å². The topological polar surface area (TPSA) is 66.3 Å². The molecule has 0 saturated carbocycles. The molecule has 0 radical (unpaired) electrons. The van der Waals surface area contributed by atoms with Crippen molar-refractivity contribution in [2.24, 2.45) is 0 Å². The van der Waals surface area contributed by atoms with Gasteiger partial charge in [0.1, 0.15) is 11.9 Å². The number of anilines is 1. The van der Waals surface area contributed by atoms with Crippen molar-refractivity contribution in [3.05, 3.63) is 17.3 Å². The van der Waals surface area contributed by atoms with E-state index in [-0.39, 0.29) is 0 Å². The number of carboxylic acids is 1. The Hall–Kier alpha value is -1.69. The largest absolute Gasteiger partial charge is 0.480 e. The van der Waals surface area contributed by atoms with Crippen LogP contribution in [0.5, 0.6) is 0 Å². The number of carboxylic acid groups (broad SMARTS) is 1. The van der Waals surface area contributed by atoms with Gasteiger partial charge in [0.25, 0.3) is 0 Å². The predicted molar refractivity (Wildman–Crippen MR) is 76.9 cm³/mol. The molecule has 0 aliphatic rings. The second kappa shape index (κ2) is 4.77. The number of thiophene rings is 1. The van der Waals surface area contributed by atoms with Crippen LogP contribution in [-0.4, -0.2) is 33.1 Å². The fourth-order valence-corrected chi connectivity index (χ4v) is 3.07. The van der Waals surface area contributed by atoms with Crippen LogP contribution in [0, 0.1) is 6.92 Å². The van der Waals surface area contributed by atoms with Crippen LogP contribution in [0.25, 0.3) is 10.2 Å². The standard InChI is InChI=1S/C13H17N3O2S/c1-5-16(13(3,4)12(17)18)11-10-9(14-7-15-11)8(2)6-19-10/h6-7H,5H2,1-4H3,(H,17,18). The normalized spacial score (nSPS) is 11.8. The fraction of sp³-hybridized carbons (Fsp3) is 0.462. The van der Waals surface area contributed by atoms with Gasteiger partial charge < -0.3 is 10.0 Å². The summed E-state index contributed by atoms with van der Waals surface area (Å²) in [5.41, 5.74) is 0.982. The maximum absolute atomic E-state index is 11.5. The van der Waals surface area contributed by atoms with Gasteiger partial charge in [0.2, 0.25) is 0 Å². The first-order valence-corrected chi connectivity index (χ1v) is 6.97. The van der Waals surface area contributed by atoms with Gasteiger partial charge in [-0.25, -0.2) is 14.8 Å². The zero-order valence-electron chi connectivity index (χ0n) is 11.5. The van der Waals surface area contributed by atoms with Gasteiger partial charge >= 0.3 is 5.97 Å². The number of fused-ring (bicyclic) bond motifs is 1. The van der Waals surface area contributed by atoms with E-state index in [9.17, 15) is 9.90 Å². The molecule has 0 aromatic carbocycles. The van der Waals surface area contributed by atoms with Crippen molar-refractivity contribution in [2.45, 2.75) is 33.2 Å². The first kappa shape index (κ1) is 13.7. The highest BCUT2D eigenvalue weighted by atomic mass is 32.1. The average molecular weight is 279 g/mol. The number of aryl methyl sites for hydroxylation is 1. The fourth-order valence-electron chi connectivity index (χ4n) is 2.07. The van der Waals surface area contributed by atoms with Crippen LogP contribution in [0.3, 0.4) is 0 Å². The molecule has 1 N–H and O–H groups in total. The molecule has 0 fully saturated rings. The van der Waals surface area contributed by atoms with Gasteiger partial charge in [-0.05, 0) is 38.6 Å². The maximum Gasteiger partial charge on any atom is 0.328 e. The molecule has 19 heavy (non-hydrogen) atoms. The lowest BCUT2D eigenvalue weighted by Crippen LogP contribution is -2.50. The van der Waals surface area contributed by atoms with Gasteiger partial charge in [0.05, 0.1) is 10.2 Å². The highest BCUT2D eigenvalue weighted by molar-refractivity contribution is 7.18. The van der Waals surface area contributed by atoms with E-state index in [0.29, 0.717) is 12.4 Å². The number of hydrogen-bond acceptors (Lipinski definition) is 5. The third kappa shape index (κ3) is 2.16. The lowest BCUT2D eigenvalue weighted by atomic mass is 10.0. The van der Waals surface area contributed by atoms with Crippen molar-refractivity contribution in [1.82, 2.24) is 9.97 Å². The van der Waals surface area contributed by atoms with Crippen molar-refractivity contribution in [3.63, 3.8) is 0 Å². The Morgan fingerprint density at radius 3 is 2.74 bits per heavy atom. The Balaban J connectivity index is 2.62. The molecular weight excluding hydrogens is 262 g/mol. The summed E-state index contributed by atoms with van der Waals surface area (Å²) in [5, 5.41) is 11.4. The summed E-state index contributed by atoms with van der Waals surface area (Å²) in [6, 6.07) is 0. The summed E-state index contributed by atoms with van der Waals surface area (Å²) in [5.74, 6) is -0.174. The van der Waals surface area contributed by atoms with E-state index < -0.39 is 11.5 Å². The first-order valence-electron chi connectivity index (χ1n) is 6.09. The average Bonchev–Trinajstić information content (AvgIpc) is 2.73. The monoisotopic (exact) mass is 279 g/mol. The molecule has 102 valence electrons. The third-order valence-corrected chi connectivity index (χ3v) is 4.37. The van der Waals surface area contributed by atoms with Gasteiger partial charge in [-0.3, -0.25) is 0 Å². The smallest absolute Gasteiger partial charge is 0.328 e. The molecule has 2 aromatic heterocycles. The summed E-state index contributed by atoms with van der Waals surface area (Å²) in [6.45, 7) is 7.87. The Labute approximate surface area is 115 Å². The second-order valence-electron chi connectivity index (χ2n) is 4.90. The Morgan fingerprint density at radius 2 is 2.16 bits per heavy atom. The summed E-state index contributed by atoms with van der Waals surface area (Å²) in [7, 11) is 0. The molecule has 2 aromatic rings. The van der Waals surface area contributed by atoms with Crippen molar-refractivity contribution in [2.75, 3.05) is 11.4 Å². The zero-order valence-corrected chi connectivity index (χ0v) is 12.3. The number of aromatic nitrogens is 2.